The molecule has 170 valence electrons. The zero-order valence-corrected chi connectivity index (χ0v) is 19.2. The molecule has 0 aliphatic carbocycles. The zero-order chi connectivity index (χ0) is 22.9. The van der Waals surface area contributed by atoms with Gasteiger partial charge in [-0.25, -0.2) is 4.68 Å². The minimum atomic E-state index is -0.254. The lowest BCUT2D eigenvalue weighted by atomic mass is 10.1. The Morgan fingerprint density at radius 3 is 2.70 bits per heavy atom. The fraction of sp³-hybridized carbons (Fsp3) is 0.292. The summed E-state index contributed by atoms with van der Waals surface area (Å²) >= 11 is 1.45. The number of carbonyl (C=O) groups excluding carboxylic acids is 2. The van der Waals surface area contributed by atoms with E-state index in [-0.39, 0.29) is 30.2 Å². The summed E-state index contributed by atoms with van der Waals surface area (Å²) < 4.78 is 13.0. The van der Waals surface area contributed by atoms with Crippen LogP contribution < -0.4 is 19.7 Å². The second-order valence-corrected chi connectivity index (χ2v) is 8.91. The molecule has 3 heterocycles. The zero-order valence-electron chi connectivity index (χ0n) is 18.4. The number of nitrogens with one attached hydrogen (secondary N) is 1. The Morgan fingerprint density at radius 2 is 1.91 bits per heavy atom. The van der Waals surface area contributed by atoms with Gasteiger partial charge in [0.2, 0.25) is 11.8 Å². The molecule has 2 aromatic carbocycles. The highest BCUT2D eigenvalue weighted by Gasteiger charge is 2.33. The number of rotatable bonds is 5. The molecule has 33 heavy (non-hydrogen) atoms. The molecule has 9 heteroatoms. The highest BCUT2D eigenvalue weighted by molar-refractivity contribution is 8.00. The highest BCUT2D eigenvalue weighted by Crippen LogP contribution is 2.39. The number of anilines is 1. The molecule has 8 nitrogen and oxygen atoms in total. The van der Waals surface area contributed by atoms with Gasteiger partial charge in [0, 0.05) is 0 Å². The summed E-state index contributed by atoms with van der Waals surface area (Å²) in [5.41, 5.74) is 3.23. The smallest absolute Gasteiger partial charge is 0.240 e. The van der Waals surface area contributed by atoms with Gasteiger partial charge in [0.1, 0.15) is 24.8 Å². The molecule has 1 N–H and O–H groups in total. The largest absolute Gasteiger partial charge is 0.486 e. The molecule has 3 aromatic rings. The Kier molecular flexibility index (Phi) is 5.72. The molecule has 0 unspecified atom stereocenters. The first-order valence-corrected chi connectivity index (χ1v) is 11.8. The Labute approximate surface area is 195 Å². The van der Waals surface area contributed by atoms with Crippen LogP contribution in [0, 0.1) is 6.92 Å². The lowest BCUT2D eigenvalue weighted by Crippen LogP contribution is -2.44. The van der Waals surface area contributed by atoms with Crippen molar-refractivity contribution in [3.05, 3.63) is 59.8 Å². The molecule has 0 radical (unpaired) electrons. The number of carbonyl (C=O) groups is 2. The summed E-state index contributed by atoms with van der Waals surface area (Å²) in [4.78, 5) is 27.2. The first-order chi connectivity index (χ1) is 16.0. The normalized spacial score (nSPS) is 15.7. The van der Waals surface area contributed by atoms with Crippen LogP contribution in [0.5, 0.6) is 11.5 Å². The minimum Gasteiger partial charge on any atom is -0.486 e. The van der Waals surface area contributed by atoms with E-state index in [0.717, 1.165) is 16.3 Å². The topological polar surface area (TPSA) is 85.7 Å². The van der Waals surface area contributed by atoms with Gasteiger partial charge in [-0.3, -0.25) is 14.5 Å². The number of benzene rings is 2. The van der Waals surface area contributed by atoms with Gasteiger partial charge in [0.15, 0.2) is 11.5 Å². The average Bonchev–Trinajstić information content (AvgIpc) is 3.17. The summed E-state index contributed by atoms with van der Waals surface area (Å²) in [5.74, 6) is 1.30. The van der Waals surface area contributed by atoms with Crippen molar-refractivity contribution in [3.8, 4) is 17.2 Å². The summed E-state index contributed by atoms with van der Waals surface area (Å²) in [6.45, 7) is 4.73. The van der Waals surface area contributed by atoms with Crippen LogP contribution in [0.1, 0.15) is 24.2 Å². The number of ether oxygens (including phenoxy) is 2. The van der Waals surface area contributed by atoms with E-state index >= 15 is 0 Å². The van der Waals surface area contributed by atoms with Crippen LogP contribution >= 0.6 is 11.8 Å². The third-order valence-electron chi connectivity index (χ3n) is 5.64. The molecule has 0 fully saturated rings. The van der Waals surface area contributed by atoms with Gasteiger partial charge in [-0.15, -0.1) is 0 Å². The van der Waals surface area contributed by atoms with Gasteiger partial charge in [-0.2, -0.15) is 5.10 Å². The Balaban J connectivity index is 1.34. The van der Waals surface area contributed by atoms with Gasteiger partial charge in [-0.1, -0.05) is 36.0 Å². The number of amides is 2. The van der Waals surface area contributed by atoms with Crippen molar-refractivity contribution in [2.45, 2.75) is 24.9 Å². The molecule has 1 atom stereocenters. The van der Waals surface area contributed by atoms with Crippen LogP contribution in [-0.2, 0) is 9.59 Å². The maximum atomic E-state index is 12.9. The summed E-state index contributed by atoms with van der Waals surface area (Å²) in [6, 6.07) is 15.2. The van der Waals surface area contributed by atoms with Gasteiger partial charge in [-0.05, 0) is 43.7 Å². The van der Waals surface area contributed by atoms with Crippen molar-refractivity contribution < 1.29 is 19.1 Å². The summed E-state index contributed by atoms with van der Waals surface area (Å²) in [5, 5.41) is 8.51. The number of aryl methyl sites for hydroxylation is 1. The van der Waals surface area contributed by atoms with E-state index in [0.29, 0.717) is 36.1 Å². The maximum absolute atomic E-state index is 12.9. The lowest BCUT2D eigenvalue weighted by molar-refractivity contribution is -0.123. The van der Waals surface area contributed by atoms with Crippen LogP contribution in [0.15, 0.2) is 53.6 Å². The number of thioether (sulfide) groups is 1. The molecular formula is C24H24N4O4S. The molecule has 0 spiro atoms. The average molecular weight is 465 g/mol. The summed E-state index contributed by atoms with van der Waals surface area (Å²) in [6.07, 6.45) is 0. The van der Waals surface area contributed by atoms with Gasteiger partial charge >= 0.3 is 0 Å². The SMILES string of the molecule is Cc1nn(-c2ccccc2)c2c1N(CC(=O)N[C@H](C)c1ccc3c(c1)OCCO3)C(=O)CS2. The molecule has 2 aliphatic heterocycles. The Bertz CT molecular complexity index is 1210. The molecule has 5 rings (SSSR count). The van der Waals surface area contributed by atoms with E-state index in [9.17, 15) is 9.59 Å². The van der Waals surface area contributed by atoms with Crippen LogP contribution in [-0.4, -0.2) is 47.1 Å². The number of fused-ring (bicyclic) bond motifs is 2. The Hall–Kier alpha value is -3.46. The van der Waals surface area contributed by atoms with Crippen LogP contribution in [0.3, 0.4) is 0 Å². The van der Waals surface area contributed by atoms with Crippen molar-refractivity contribution in [1.82, 2.24) is 15.1 Å². The molecule has 0 saturated heterocycles. The Morgan fingerprint density at radius 1 is 1.15 bits per heavy atom. The molecule has 1 aromatic heterocycles. The predicted octanol–water partition coefficient (Wildman–Crippen LogP) is 3.27. The monoisotopic (exact) mass is 464 g/mol. The van der Waals surface area contributed by atoms with Crippen molar-refractivity contribution >= 4 is 29.3 Å². The minimum absolute atomic E-state index is 0.0669. The lowest BCUT2D eigenvalue weighted by Gasteiger charge is -2.27. The standard InChI is InChI=1S/C24H24N4O4S/c1-15(17-8-9-19-20(12-17)32-11-10-31-19)25-21(29)13-27-22(30)14-33-24-23(27)16(2)26-28(24)18-6-4-3-5-7-18/h3-9,12,15H,10-11,13-14H2,1-2H3,(H,25,29)/t15-/m1/s1. The third-order valence-corrected chi connectivity index (χ3v) is 6.67. The van der Waals surface area contributed by atoms with Crippen LogP contribution in [0.2, 0.25) is 0 Å². The molecule has 2 aliphatic rings. The fourth-order valence-corrected chi connectivity index (χ4v) is 5.10. The van der Waals surface area contributed by atoms with E-state index in [1.807, 2.05) is 67.1 Å². The van der Waals surface area contributed by atoms with Gasteiger partial charge < -0.3 is 14.8 Å². The predicted molar refractivity (Wildman–Crippen MR) is 125 cm³/mol. The highest BCUT2D eigenvalue weighted by atomic mass is 32.2. The number of aromatic nitrogens is 2. The second kappa shape index (κ2) is 8.82. The van der Waals surface area contributed by atoms with Crippen molar-refractivity contribution in [1.29, 1.82) is 0 Å². The molecule has 2 amide bonds. The van der Waals surface area contributed by atoms with E-state index in [4.69, 9.17) is 9.47 Å². The number of hydrogen-bond acceptors (Lipinski definition) is 6. The molecular weight excluding hydrogens is 440 g/mol. The molecule has 0 saturated carbocycles. The van der Waals surface area contributed by atoms with Gasteiger partial charge in [0.05, 0.1) is 28.9 Å². The number of para-hydroxylation sites is 1. The van der Waals surface area contributed by atoms with E-state index in [1.165, 1.54) is 11.8 Å². The van der Waals surface area contributed by atoms with Crippen molar-refractivity contribution in [2.75, 3.05) is 30.4 Å². The number of hydrogen-bond donors (Lipinski definition) is 1. The van der Waals surface area contributed by atoms with Crippen LogP contribution in [0.4, 0.5) is 5.69 Å². The fourth-order valence-electron chi connectivity index (χ4n) is 4.03. The first-order valence-electron chi connectivity index (χ1n) is 10.8. The first kappa shape index (κ1) is 21.4. The maximum Gasteiger partial charge on any atom is 0.240 e. The number of nitrogens with zero attached hydrogens (tertiary/aromatic N) is 3. The van der Waals surface area contributed by atoms with E-state index < -0.39 is 0 Å². The van der Waals surface area contributed by atoms with Crippen molar-refractivity contribution in [2.24, 2.45) is 0 Å². The van der Waals surface area contributed by atoms with Crippen LogP contribution in [0.25, 0.3) is 5.69 Å². The van der Waals surface area contributed by atoms with E-state index in [2.05, 4.69) is 10.4 Å². The quantitative estimate of drug-likeness (QED) is 0.624. The van der Waals surface area contributed by atoms with Gasteiger partial charge in [0.25, 0.3) is 0 Å². The third kappa shape index (κ3) is 4.16. The second-order valence-electron chi connectivity index (χ2n) is 7.95. The molecule has 0 bridgehead atoms. The summed E-state index contributed by atoms with van der Waals surface area (Å²) in [7, 11) is 0. The van der Waals surface area contributed by atoms with Crippen molar-refractivity contribution in [3.63, 3.8) is 0 Å². The van der Waals surface area contributed by atoms with E-state index in [1.54, 1.807) is 4.90 Å².